The SMILES string of the molecule is O=C(Nc1cccc(CCl)c1)C1CC1c1ccccc1. The van der Waals surface area contributed by atoms with Gasteiger partial charge in [0.05, 0.1) is 0 Å². The number of halogens is 1. The number of hydrogen-bond donors (Lipinski definition) is 1. The lowest BCUT2D eigenvalue weighted by atomic mass is 10.1. The molecule has 0 aromatic heterocycles. The highest BCUT2D eigenvalue weighted by Gasteiger charge is 2.43. The Balaban J connectivity index is 1.64. The molecule has 2 aromatic rings. The molecule has 1 aliphatic rings. The molecular weight excluding hydrogens is 270 g/mol. The van der Waals surface area contributed by atoms with E-state index in [-0.39, 0.29) is 11.8 Å². The van der Waals surface area contributed by atoms with Crippen LogP contribution in [0.15, 0.2) is 54.6 Å². The summed E-state index contributed by atoms with van der Waals surface area (Å²) in [5, 5.41) is 2.98. The van der Waals surface area contributed by atoms with E-state index in [1.54, 1.807) is 0 Å². The zero-order valence-corrected chi connectivity index (χ0v) is 11.8. The van der Waals surface area contributed by atoms with Gasteiger partial charge in [0, 0.05) is 17.5 Å². The van der Waals surface area contributed by atoms with E-state index < -0.39 is 0 Å². The van der Waals surface area contributed by atoms with E-state index >= 15 is 0 Å². The third-order valence-electron chi connectivity index (χ3n) is 3.70. The number of carbonyl (C=O) groups excluding carboxylic acids is 1. The highest BCUT2D eigenvalue weighted by atomic mass is 35.5. The molecule has 0 saturated heterocycles. The summed E-state index contributed by atoms with van der Waals surface area (Å²) >= 11 is 5.80. The van der Waals surface area contributed by atoms with Crippen LogP contribution in [-0.4, -0.2) is 5.91 Å². The fourth-order valence-corrected chi connectivity index (χ4v) is 2.69. The zero-order valence-electron chi connectivity index (χ0n) is 11.1. The van der Waals surface area contributed by atoms with Crippen molar-refractivity contribution >= 4 is 23.2 Å². The molecule has 0 aliphatic heterocycles. The van der Waals surface area contributed by atoms with Crippen molar-refractivity contribution in [3.63, 3.8) is 0 Å². The maximum atomic E-state index is 12.2. The van der Waals surface area contributed by atoms with Crippen molar-refractivity contribution in [2.45, 2.75) is 18.2 Å². The van der Waals surface area contributed by atoms with Gasteiger partial charge in [0.2, 0.25) is 5.91 Å². The van der Waals surface area contributed by atoms with Gasteiger partial charge in [-0.25, -0.2) is 0 Å². The molecular formula is C17H16ClNO. The number of alkyl halides is 1. The van der Waals surface area contributed by atoms with Crippen LogP contribution in [-0.2, 0) is 10.7 Å². The zero-order chi connectivity index (χ0) is 13.9. The van der Waals surface area contributed by atoms with Gasteiger partial charge in [0.25, 0.3) is 0 Å². The van der Waals surface area contributed by atoms with Gasteiger partial charge in [-0.3, -0.25) is 4.79 Å². The molecule has 102 valence electrons. The van der Waals surface area contributed by atoms with Gasteiger partial charge < -0.3 is 5.32 Å². The van der Waals surface area contributed by atoms with Crippen molar-refractivity contribution in [2.75, 3.05) is 5.32 Å². The maximum Gasteiger partial charge on any atom is 0.228 e. The molecule has 2 atom stereocenters. The molecule has 1 amide bonds. The Labute approximate surface area is 123 Å². The summed E-state index contributed by atoms with van der Waals surface area (Å²) < 4.78 is 0. The van der Waals surface area contributed by atoms with Gasteiger partial charge in [0.15, 0.2) is 0 Å². The Kier molecular flexibility index (Phi) is 3.75. The molecule has 0 heterocycles. The molecule has 2 unspecified atom stereocenters. The third kappa shape index (κ3) is 2.86. The number of carbonyl (C=O) groups is 1. The molecule has 3 heteroatoms. The largest absolute Gasteiger partial charge is 0.326 e. The Bertz CT molecular complexity index is 611. The number of hydrogen-bond acceptors (Lipinski definition) is 1. The molecule has 2 aromatic carbocycles. The number of amides is 1. The van der Waals surface area contributed by atoms with Crippen LogP contribution in [0.3, 0.4) is 0 Å². The lowest BCUT2D eigenvalue weighted by molar-refractivity contribution is -0.117. The van der Waals surface area contributed by atoms with Gasteiger partial charge in [-0.2, -0.15) is 0 Å². The van der Waals surface area contributed by atoms with Crippen molar-refractivity contribution in [1.82, 2.24) is 0 Å². The van der Waals surface area contributed by atoms with Gasteiger partial charge in [-0.1, -0.05) is 42.5 Å². The van der Waals surface area contributed by atoms with Crippen LogP contribution >= 0.6 is 11.6 Å². The van der Waals surface area contributed by atoms with Crippen LogP contribution in [0.2, 0.25) is 0 Å². The Morgan fingerprint density at radius 2 is 1.95 bits per heavy atom. The van der Waals surface area contributed by atoms with Crippen LogP contribution in [0, 0.1) is 5.92 Å². The quantitative estimate of drug-likeness (QED) is 0.840. The molecule has 2 nitrogen and oxygen atoms in total. The number of rotatable bonds is 4. The molecule has 1 fully saturated rings. The molecule has 20 heavy (non-hydrogen) atoms. The van der Waals surface area contributed by atoms with Crippen LogP contribution in [0.5, 0.6) is 0 Å². The second-order valence-electron chi connectivity index (χ2n) is 5.18. The lowest BCUT2D eigenvalue weighted by Crippen LogP contribution is -2.14. The molecule has 3 rings (SSSR count). The Morgan fingerprint density at radius 1 is 1.15 bits per heavy atom. The van der Waals surface area contributed by atoms with Crippen LogP contribution in [0.4, 0.5) is 5.69 Å². The summed E-state index contributed by atoms with van der Waals surface area (Å²) in [7, 11) is 0. The first-order valence-electron chi connectivity index (χ1n) is 6.78. The summed E-state index contributed by atoms with van der Waals surface area (Å²) in [5.41, 5.74) is 3.09. The average Bonchev–Trinajstić information content (AvgIpc) is 3.29. The van der Waals surface area contributed by atoms with E-state index in [0.29, 0.717) is 11.8 Å². The average molecular weight is 286 g/mol. The summed E-state index contributed by atoms with van der Waals surface area (Å²) in [5.74, 6) is 1.02. The highest BCUT2D eigenvalue weighted by Crippen LogP contribution is 2.47. The van der Waals surface area contributed by atoms with Crippen LogP contribution in [0.25, 0.3) is 0 Å². The van der Waals surface area contributed by atoms with Crippen molar-refractivity contribution in [3.8, 4) is 0 Å². The second kappa shape index (κ2) is 5.68. The second-order valence-corrected chi connectivity index (χ2v) is 5.45. The minimum atomic E-state index is 0.0945. The summed E-state index contributed by atoms with van der Waals surface area (Å²) in [6.45, 7) is 0. The number of anilines is 1. The van der Waals surface area contributed by atoms with Crippen molar-refractivity contribution in [2.24, 2.45) is 5.92 Å². The van der Waals surface area contributed by atoms with E-state index in [4.69, 9.17) is 11.6 Å². The third-order valence-corrected chi connectivity index (χ3v) is 4.01. The smallest absolute Gasteiger partial charge is 0.228 e. The minimum absolute atomic E-state index is 0.0945. The fourth-order valence-electron chi connectivity index (χ4n) is 2.52. The summed E-state index contributed by atoms with van der Waals surface area (Å²) in [6.07, 6.45) is 0.936. The number of nitrogens with one attached hydrogen (secondary N) is 1. The molecule has 0 spiro atoms. The Morgan fingerprint density at radius 3 is 2.70 bits per heavy atom. The van der Waals surface area contributed by atoms with Gasteiger partial charge in [-0.05, 0) is 35.6 Å². The van der Waals surface area contributed by atoms with E-state index in [0.717, 1.165) is 17.7 Å². The van der Waals surface area contributed by atoms with Crippen molar-refractivity contribution in [1.29, 1.82) is 0 Å². The number of benzene rings is 2. The monoisotopic (exact) mass is 285 g/mol. The van der Waals surface area contributed by atoms with E-state index in [1.165, 1.54) is 5.56 Å². The lowest BCUT2D eigenvalue weighted by Gasteiger charge is -2.06. The van der Waals surface area contributed by atoms with Crippen molar-refractivity contribution in [3.05, 3.63) is 65.7 Å². The van der Waals surface area contributed by atoms with Crippen LogP contribution < -0.4 is 5.32 Å². The molecule has 1 aliphatic carbocycles. The predicted octanol–water partition coefficient (Wildman–Crippen LogP) is 4.17. The molecule has 1 N–H and O–H groups in total. The van der Waals surface area contributed by atoms with Gasteiger partial charge >= 0.3 is 0 Å². The first-order chi connectivity index (χ1) is 9.78. The van der Waals surface area contributed by atoms with E-state index in [1.807, 2.05) is 42.5 Å². The molecule has 0 radical (unpaired) electrons. The fraction of sp³-hybridized carbons (Fsp3) is 0.235. The maximum absolute atomic E-state index is 12.2. The van der Waals surface area contributed by atoms with E-state index in [9.17, 15) is 4.79 Å². The standard InChI is InChI=1S/C17H16ClNO/c18-11-12-5-4-8-14(9-12)19-17(20)16-10-15(16)13-6-2-1-3-7-13/h1-9,15-16H,10-11H2,(H,19,20). The van der Waals surface area contributed by atoms with Crippen LogP contribution in [0.1, 0.15) is 23.5 Å². The molecule has 1 saturated carbocycles. The topological polar surface area (TPSA) is 29.1 Å². The first-order valence-corrected chi connectivity index (χ1v) is 7.32. The minimum Gasteiger partial charge on any atom is -0.326 e. The van der Waals surface area contributed by atoms with E-state index in [2.05, 4.69) is 17.4 Å². The normalized spacial score (nSPS) is 20.4. The van der Waals surface area contributed by atoms with Crippen molar-refractivity contribution < 1.29 is 4.79 Å². The first kappa shape index (κ1) is 13.2. The Hall–Kier alpha value is -1.80. The highest BCUT2D eigenvalue weighted by molar-refractivity contribution is 6.17. The summed E-state index contributed by atoms with van der Waals surface area (Å²) in [6, 6.07) is 17.9. The summed E-state index contributed by atoms with van der Waals surface area (Å²) in [4.78, 5) is 12.2. The molecule has 0 bridgehead atoms. The predicted molar refractivity (Wildman–Crippen MR) is 81.9 cm³/mol. The van der Waals surface area contributed by atoms with Gasteiger partial charge in [-0.15, -0.1) is 11.6 Å². The van der Waals surface area contributed by atoms with Gasteiger partial charge in [0.1, 0.15) is 0 Å².